The lowest BCUT2D eigenvalue weighted by molar-refractivity contribution is -0.135. The molecule has 0 aromatic heterocycles. The number of hydrogen-bond acceptors (Lipinski definition) is 7. The minimum atomic E-state index is -1.04. The van der Waals surface area contributed by atoms with Crippen LogP contribution < -0.4 is 25.8 Å². The highest BCUT2D eigenvalue weighted by atomic mass is 32.2. The van der Waals surface area contributed by atoms with Crippen molar-refractivity contribution in [3.8, 4) is 0 Å². The summed E-state index contributed by atoms with van der Waals surface area (Å²) in [5, 5.41) is 13.3. The van der Waals surface area contributed by atoms with Crippen LogP contribution in [0.3, 0.4) is 0 Å². The molecule has 2 aliphatic heterocycles. The van der Waals surface area contributed by atoms with E-state index in [-0.39, 0.29) is 18.4 Å². The number of nitrogens with two attached hydrogens (primary N) is 1. The molecule has 0 radical (unpaired) electrons. The van der Waals surface area contributed by atoms with Crippen molar-refractivity contribution < 1.29 is 19.5 Å². The standard InChI is InChI=1S/C31H36N6O4S/c1-34(2)22-11-12-24-26(16-22)42-27-17-23(35(3)4)15-20(29(27)37(24)31(40)41)14-19-7-9-21(10-8-19)33-30(39)25-6-5-13-36(25)28(38)18-32/h7-12,15-17,25H,5-6,13-14,18,32H2,1-4H3,(H,33,39)(H,40,41)/t25-/m0/s1. The van der Waals surface area contributed by atoms with E-state index in [0.717, 1.165) is 38.7 Å². The first-order valence-corrected chi connectivity index (χ1v) is 14.6. The zero-order valence-corrected chi connectivity index (χ0v) is 25.1. The smallest absolute Gasteiger partial charge is 0.416 e. The fourth-order valence-corrected chi connectivity index (χ4v) is 6.64. The van der Waals surface area contributed by atoms with Crippen LogP contribution in [0.4, 0.5) is 33.2 Å². The molecule has 0 bridgehead atoms. The molecule has 11 heteroatoms. The molecular weight excluding hydrogens is 552 g/mol. The molecule has 1 saturated heterocycles. The maximum absolute atomic E-state index is 12.9. The van der Waals surface area contributed by atoms with Crippen molar-refractivity contribution in [2.75, 3.05) is 61.3 Å². The first-order chi connectivity index (χ1) is 20.1. The number of carboxylic acid groups (broad SMARTS) is 1. The summed E-state index contributed by atoms with van der Waals surface area (Å²) in [6, 6.07) is 16.9. The fraction of sp³-hybridized carbons (Fsp3) is 0.323. The maximum Gasteiger partial charge on any atom is 0.416 e. The Morgan fingerprint density at radius 3 is 2.31 bits per heavy atom. The molecule has 4 N–H and O–H groups in total. The number of nitrogens with one attached hydrogen (secondary N) is 1. The summed E-state index contributed by atoms with van der Waals surface area (Å²) in [7, 11) is 7.86. The van der Waals surface area contributed by atoms with Crippen molar-refractivity contribution in [3.05, 3.63) is 65.7 Å². The van der Waals surface area contributed by atoms with Gasteiger partial charge in [0.25, 0.3) is 0 Å². The number of carbonyl (C=O) groups excluding carboxylic acids is 2. The van der Waals surface area contributed by atoms with Gasteiger partial charge >= 0.3 is 6.09 Å². The van der Waals surface area contributed by atoms with Gasteiger partial charge in [0.2, 0.25) is 11.8 Å². The van der Waals surface area contributed by atoms with Gasteiger partial charge in [0, 0.05) is 61.6 Å². The van der Waals surface area contributed by atoms with Crippen LogP contribution in [-0.4, -0.2) is 75.2 Å². The highest BCUT2D eigenvalue weighted by Gasteiger charge is 2.34. The van der Waals surface area contributed by atoms with E-state index >= 15 is 0 Å². The second kappa shape index (κ2) is 11.9. The van der Waals surface area contributed by atoms with Crippen molar-refractivity contribution in [2.45, 2.75) is 35.1 Å². The Morgan fingerprint density at radius 2 is 1.67 bits per heavy atom. The lowest BCUT2D eigenvalue weighted by Crippen LogP contribution is -2.45. The van der Waals surface area contributed by atoms with E-state index in [1.165, 1.54) is 4.90 Å². The van der Waals surface area contributed by atoms with Crippen molar-refractivity contribution >= 4 is 58.1 Å². The lowest BCUT2D eigenvalue weighted by Gasteiger charge is -2.33. The van der Waals surface area contributed by atoms with Gasteiger partial charge in [-0.2, -0.15) is 0 Å². The summed E-state index contributed by atoms with van der Waals surface area (Å²) in [6.45, 7) is 0.425. The molecule has 1 fully saturated rings. The number of anilines is 5. The molecular formula is C31H36N6O4S. The Bertz CT molecular complexity index is 1520. The summed E-state index contributed by atoms with van der Waals surface area (Å²) in [5.41, 5.74) is 11.3. The molecule has 0 aliphatic carbocycles. The van der Waals surface area contributed by atoms with Crippen LogP contribution in [0.5, 0.6) is 0 Å². The highest BCUT2D eigenvalue weighted by Crippen LogP contribution is 2.52. The van der Waals surface area contributed by atoms with Gasteiger partial charge in [-0.15, -0.1) is 0 Å². The third-order valence-corrected chi connectivity index (χ3v) is 8.74. The predicted molar refractivity (Wildman–Crippen MR) is 167 cm³/mol. The van der Waals surface area contributed by atoms with E-state index in [0.29, 0.717) is 36.4 Å². The van der Waals surface area contributed by atoms with Gasteiger partial charge in [-0.05, 0) is 72.9 Å². The first-order valence-electron chi connectivity index (χ1n) is 13.8. The molecule has 2 heterocycles. The van der Waals surface area contributed by atoms with Crippen LogP contribution in [0, 0.1) is 0 Å². The molecule has 42 heavy (non-hydrogen) atoms. The number of fused-ring (bicyclic) bond motifs is 2. The zero-order chi connectivity index (χ0) is 30.1. The van der Waals surface area contributed by atoms with Gasteiger partial charge in [0.15, 0.2) is 0 Å². The maximum atomic E-state index is 12.9. The van der Waals surface area contributed by atoms with Gasteiger partial charge in [-0.3, -0.25) is 9.59 Å². The first kappa shape index (κ1) is 29.3. The second-order valence-corrected chi connectivity index (χ2v) is 12.0. The SMILES string of the molecule is CN(C)c1ccc2c(c1)Sc1cc(N(C)C)cc(Cc3ccc(NC(=O)[C@@H]4CCCN4C(=O)CN)cc3)c1N2C(=O)O. The van der Waals surface area contributed by atoms with Crippen LogP contribution in [0.2, 0.25) is 0 Å². The van der Waals surface area contributed by atoms with Crippen molar-refractivity contribution in [3.63, 3.8) is 0 Å². The minimum absolute atomic E-state index is 0.113. The predicted octanol–water partition coefficient (Wildman–Crippen LogP) is 4.58. The topological polar surface area (TPSA) is 122 Å². The minimum Gasteiger partial charge on any atom is -0.464 e. The Balaban J connectivity index is 1.43. The Labute approximate surface area is 250 Å². The summed E-state index contributed by atoms with van der Waals surface area (Å²) in [5.74, 6) is -0.444. The van der Waals surface area contributed by atoms with Crippen LogP contribution in [0.15, 0.2) is 64.4 Å². The van der Waals surface area contributed by atoms with Crippen LogP contribution in [-0.2, 0) is 16.0 Å². The molecule has 0 saturated carbocycles. The summed E-state index contributed by atoms with van der Waals surface area (Å²) in [4.78, 5) is 46.4. The number of carbonyl (C=O) groups is 3. The third-order valence-electron chi connectivity index (χ3n) is 7.66. The molecule has 10 nitrogen and oxygen atoms in total. The number of rotatable bonds is 7. The van der Waals surface area contributed by atoms with Crippen molar-refractivity contribution in [1.29, 1.82) is 0 Å². The average Bonchev–Trinajstić information content (AvgIpc) is 3.46. The quantitative estimate of drug-likeness (QED) is 0.367. The molecule has 0 unspecified atom stereocenters. The number of amides is 3. The van der Waals surface area contributed by atoms with Crippen molar-refractivity contribution in [2.24, 2.45) is 5.73 Å². The third kappa shape index (κ3) is 5.75. The van der Waals surface area contributed by atoms with Crippen molar-refractivity contribution in [1.82, 2.24) is 4.90 Å². The molecule has 1 atom stereocenters. The van der Waals surface area contributed by atoms with Gasteiger partial charge in [0.05, 0.1) is 17.9 Å². The summed E-state index contributed by atoms with van der Waals surface area (Å²) >= 11 is 1.57. The van der Waals surface area contributed by atoms with Crippen LogP contribution in [0.25, 0.3) is 0 Å². The van der Waals surface area contributed by atoms with E-state index in [2.05, 4.69) is 5.32 Å². The molecule has 220 valence electrons. The zero-order valence-electron chi connectivity index (χ0n) is 24.3. The van der Waals surface area contributed by atoms with E-state index in [1.807, 2.05) is 92.6 Å². The van der Waals surface area contributed by atoms with Gasteiger partial charge in [-0.25, -0.2) is 9.69 Å². The Hall–Kier alpha value is -4.22. The summed E-state index contributed by atoms with van der Waals surface area (Å²) in [6.07, 6.45) is 0.836. The molecule has 3 aromatic carbocycles. The number of likely N-dealkylation sites (tertiary alicyclic amines) is 1. The molecule has 0 spiro atoms. The Morgan fingerprint density at radius 1 is 0.976 bits per heavy atom. The molecule has 2 aliphatic rings. The van der Waals surface area contributed by atoms with E-state index < -0.39 is 12.1 Å². The van der Waals surface area contributed by atoms with Gasteiger partial charge < -0.3 is 30.9 Å². The van der Waals surface area contributed by atoms with E-state index in [1.54, 1.807) is 16.7 Å². The largest absolute Gasteiger partial charge is 0.464 e. The van der Waals surface area contributed by atoms with Crippen LogP contribution >= 0.6 is 11.8 Å². The number of hydrogen-bond donors (Lipinski definition) is 3. The molecule has 3 amide bonds. The fourth-order valence-electron chi connectivity index (χ4n) is 5.47. The summed E-state index contributed by atoms with van der Waals surface area (Å²) < 4.78 is 0. The highest BCUT2D eigenvalue weighted by molar-refractivity contribution is 7.99. The van der Waals surface area contributed by atoms with E-state index in [9.17, 15) is 19.5 Å². The monoisotopic (exact) mass is 588 g/mol. The van der Waals surface area contributed by atoms with Crippen LogP contribution in [0.1, 0.15) is 24.0 Å². The second-order valence-electron chi connectivity index (χ2n) is 10.9. The molecule has 3 aromatic rings. The van der Waals surface area contributed by atoms with Gasteiger partial charge in [-0.1, -0.05) is 23.9 Å². The Kier molecular flexibility index (Phi) is 8.33. The number of nitrogens with zero attached hydrogens (tertiary/aromatic N) is 4. The lowest BCUT2D eigenvalue weighted by atomic mass is 10.0. The average molecular weight is 589 g/mol. The van der Waals surface area contributed by atoms with E-state index in [4.69, 9.17) is 5.73 Å². The molecule has 5 rings (SSSR count). The van der Waals surface area contributed by atoms with Gasteiger partial charge in [0.1, 0.15) is 6.04 Å². The normalized spacial score (nSPS) is 15.6. The number of benzene rings is 3.